The van der Waals surface area contributed by atoms with Gasteiger partial charge in [-0.15, -0.1) is 0 Å². The summed E-state index contributed by atoms with van der Waals surface area (Å²) < 4.78 is 0. The Morgan fingerprint density at radius 2 is 1.72 bits per heavy atom. The molecule has 2 amide bonds. The van der Waals surface area contributed by atoms with E-state index in [0.717, 1.165) is 42.7 Å². The molecule has 1 fully saturated rings. The van der Waals surface area contributed by atoms with E-state index in [9.17, 15) is 9.59 Å². The van der Waals surface area contributed by atoms with Crippen LogP contribution >= 0.6 is 0 Å². The van der Waals surface area contributed by atoms with Gasteiger partial charge < -0.3 is 10.2 Å². The Hall–Kier alpha value is -2.62. The molecule has 2 aromatic carbocycles. The number of nitrogens with zero attached hydrogens (tertiary/aromatic N) is 1. The van der Waals surface area contributed by atoms with E-state index in [1.807, 2.05) is 41.3 Å². The van der Waals surface area contributed by atoms with E-state index in [4.69, 9.17) is 0 Å². The maximum Gasteiger partial charge on any atom is 0.228 e. The molecule has 0 unspecified atom stereocenters. The lowest BCUT2D eigenvalue weighted by Gasteiger charge is -2.15. The Labute approximate surface area is 148 Å². The van der Waals surface area contributed by atoms with E-state index in [1.165, 1.54) is 5.56 Å². The molecule has 1 N–H and O–H groups in total. The van der Waals surface area contributed by atoms with Crippen molar-refractivity contribution in [3.8, 4) is 0 Å². The number of aryl methyl sites for hydroxylation is 1. The number of carbonyl (C=O) groups excluding carboxylic acids is 2. The molecular formula is C21H24N2O2. The first-order valence-electron chi connectivity index (χ1n) is 8.94. The minimum absolute atomic E-state index is 0.0340. The fourth-order valence-electron chi connectivity index (χ4n) is 3.15. The van der Waals surface area contributed by atoms with Crippen LogP contribution in [-0.4, -0.2) is 18.4 Å². The predicted octanol–water partition coefficient (Wildman–Crippen LogP) is 3.95. The van der Waals surface area contributed by atoms with Gasteiger partial charge in [-0.1, -0.05) is 37.6 Å². The van der Waals surface area contributed by atoms with Crippen molar-refractivity contribution in [1.29, 1.82) is 0 Å². The number of hydrogen-bond donors (Lipinski definition) is 1. The first-order chi connectivity index (χ1) is 12.2. The molecule has 1 aliphatic heterocycles. The third-order valence-corrected chi connectivity index (χ3v) is 4.46. The number of amides is 2. The van der Waals surface area contributed by atoms with Gasteiger partial charge in [0, 0.05) is 24.3 Å². The first kappa shape index (κ1) is 17.2. The van der Waals surface area contributed by atoms with Crippen molar-refractivity contribution >= 4 is 23.2 Å². The van der Waals surface area contributed by atoms with E-state index in [1.54, 1.807) is 0 Å². The Morgan fingerprint density at radius 1 is 1.04 bits per heavy atom. The van der Waals surface area contributed by atoms with E-state index in [2.05, 4.69) is 24.4 Å². The number of nitrogens with one attached hydrogen (secondary N) is 1. The van der Waals surface area contributed by atoms with Crippen LogP contribution in [0.3, 0.4) is 0 Å². The largest absolute Gasteiger partial charge is 0.326 e. The summed E-state index contributed by atoms with van der Waals surface area (Å²) in [4.78, 5) is 25.8. The zero-order chi connectivity index (χ0) is 17.6. The Morgan fingerprint density at radius 3 is 2.32 bits per heavy atom. The van der Waals surface area contributed by atoms with Gasteiger partial charge in [0.1, 0.15) is 0 Å². The van der Waals surface area contributed by atoms with Crippen LogP contribution in [0, 0.1) is 0 Å². The molecule has 4 nitrogen and oxygen atoms in total. The van der Waals surface area contributed by atoms with Gasteiger partial charge in [0.05, 0.1) is 6.42 Å². The lowest BCUT2D eigenvalue weighted by Crippen LogP contribution is -2.23. The molecular weight excluding hydrogens is 312 g/mol. The molecule has 0 spiro atoms. The van der Waals surface area contributed by atoms with Crippen molar-refractivity contribution in [1.82, 2.24) is 0 Å². The van der Waals surface area contributed by atoms with Crippen molar-refractivity contribution in [2.75, 3.05) is 16.8 Å². The number of hydrogen-bond acceptors (Lipinski definition) is 2. The van der Waals surface area contributed by atoms with E-state index < -0.39 is 0 Å². The molecule has 25 heavy (non-hydrogen) atoms. The van der Waals surface area contributed by atoms with Crippen LogP contribution in [0.25, 0.3) is 0 Å². The second kappa shape index (κ2) is 7.97. The highest BCUT2D eigenvalue weighted by Crippen LogP contribution is 2.22. The van der Waals surface area contributed by atoms with Gasteiger partial charge in [0.15, 0.2) is 0 Å². The van der Waals surface area contributed by atoms with E-state index >= 15 is 0 Å². The first-order valence-corrected chi connectivity index (χ1v) is 8.94. The fraction of sp³-hybridized carbons (Fsp3) is 0.333. The van der Waals surface area contributed by atoms with E-state index in [0.29, 0.717) is 12.8 Å². The molecule has 0 atom stereocenters. The fourth-order valence-corrected chi connectivity index (χ4v) is 3.15. The van der Waals surface area contributed by atoms with Crippen molar-refractivity contribution < 1.29 is 9.59 Å². The lowest BCUT2D eigenvalue weighted by molar-refractivity contribution is -0.117. The topological polar surface area (TPSA) is 49.4 Å². The molecule has 1 aliphatic rings. The van der Waals surface area contributed by atoms with E-state index in [-0.39, 0.29) is 11.8 Å². The summed E-state index contributed by atoms with van der Waals surface area (Å²) in [6.07, 6.45) is 4.04. The Bertz CT molecular complexity index is 735. The molecule has 1 heterocycles. The normalized spacial score (nSPS) is 14.0. The van der Waals surface area contributed by atoms with Gasteiger partial charge in [-0.25, -0.2) is 0 Å². The number of benzene rings is 2. The van der Waals surface area contributed by atoms with Crippen LogP contribution < -0.4 is 10.2 Å². The average molecular weight is 336 g/mol. The SMILES string of the molecule is CCCc1ccc(NC(=O)Cc2ccc(N3CCCC3=O)cc2)cc1. The van der Waals surface area contributed by atoms with Crippen LogP contribution in [0.5, 0.6) is 0 Å². The second-order valence-corrected chi connectivity index (χ2v) is 6.49. The van der Waals surface area contributed by atoms with Gasteiger partial charge in [-0.3, -0.25) is 9.59 Å². The summed E-state index contributed by atoms with van der Waals surface area (Å²) in [7, 11) is 0. The highest BCUT2D eigenvalue weighted by atomic mass is 16.2. The summed E-state index contributed by atoms with van der Waals surface area (Å²) in [5.41, 5.74) is 3.96. The highest BCUT2D eigenvalue weighted by molar-refractivity contribution is 5.95. The molecule has 0 radical (unpaired) electrons. The molecule has 1 saturated heterocycles. The highest BCUT2D eigenvalue weighted by Gasteiger charge is 2.21. The summed E-state index contributed by atoms with van der Waals surface area (Å²) >= 11 is 0. The lowest BCUT2D eigenvalue weighted by atomic mass is 10.1. The summed E-state index contributed by atoms with van der Waals surface area (Å²) in [5.74, 6) is 0.144. The molecule has 0 bridgehead atoms. The van der Waals surface area contributed by atoms with Crippen LogP contribution in [-0.2, 0) is 22.4 Å². The second-order valence-electron chi connectivity index (χ2n) is 6.49. The maximum absolute atomic E-state index is 12.2. The molecule has 4 heteroatoms. The quantitative estimate of drug-likeness (QED) is 0.868. The minimum atomic E-state index is -0.0340. The average Bonchev–Trinajstić information content (AvgIpc) is 3.03. The number of anilines is 2. The van der Waals surface area contributed by atoms with Crippen molar-refractivity contribution in [3.63, 3.8) is 0 Å². The zero-order valence-electron chi connectivity index (χ0n) is 14.6. The number of carbonyl (C=O) groups is 2. The maximum atomic E-state index is 12.2. The number of rotatable bonds is 6. The summed E-state index contributed by atoms with van der Waals surface area (Å²) in [6.45, 7) is 2.94. The van der Waals surface area contributed by atoms with Crippen molar-refractivity contribution in [2.24, 2.45) is 0 Å². The predicted molar refractivity (Wildman–Crippen MR) is 101 cm³/mol. The molecule has 0 saturated carbocycles. The van der Waals surface area contributed by atoms with Gasteiger partial charge in [0.2, 0.25) is 11.8 Å². The summed E-state index contributed by atoms with van der Waals surface area (Å²) in [6, 6.07) is 15.7. The summed E-state index contributed by atoms with van der Waals surface area (Å²) in [5, 5.41) is 2.93. The van der Waals surface area contributed by atoms with Gasteiger partial charge in [0.25, 0.3) is 0 Å². The van der Waals surface area contributed by atoms with Gasteiger partial charge in [-0.2, -0.15) is 0 Å². The van der Waals surface area contributed by atoms with Crippen molar-refractivity contribution in [2.45, 2.75) is 39.0 Å². The van der Waals surface area contributed by atoms with Crippen LogP contribution in [0.1, 0.15) is 37.3 Å². The van der Waals surface area contributed by atoms with Crippen molar-refractivity contribution in [3.05, 3.63) is 59.7 Å². The monoisotopic (exact) mass is 336 g/mol. The molecule has 0 aromatic heterocycles. The molecule has 130 valence electrons. The van der Waals surface area contributed by atoms with Gasteiger partial charge in [-0.05, 0) is 48.2 Å². The van der Waals surface area contributed by atoms with Crippen LogP contribution in [0.2, 0.25) is 0 Å². The Kier molecular flexibility index (Phi) is 5.49. The third kappa shape index (κ3) is 4.47. The van der Waals surface area contributed by atoms with Crippen LogP contribution in [0.15, 0.2) is 48.5 Å². The molecule has 2 aromatic rings. The third-order valence-electron chi connectivity index (χ3n) is 4.46. The van der Waals surface area contributed by atoms with Crippen LogP contribution in [0.4, 0.5) is 11.4 Å². The molecule has 0 aliphatic carbocycles. The standard InChI is InChI=1S/C21H24N2O2/c1-2-4-16-6-10-18(11-7-16)22-20(24)15-17-8-12-19(13-9-17)23-14-3-5-21(23)25/h6-13H,2-5,14-15H2,1H3,(H,22,24). The molecule has 3 rings (SSSR count). The zero-order valence-corrected chi connectivity index (χ0v) is 14.6. The smallest absolute Gasteiger partial charge is 0.228 e. The Balaban J connectivity index is 1.56. The minimum Gasteiger partial charge on any atom is -0.326 e. The van der Waals surface area contributed by atoms with Gasteiger partial charge >= 0.3 is 0 Å².